The van der Waals surface area contributed by atoms with Crippen molar-refractivity contribution in [3.8, 4) is 0 Å². The molecular formula is C13H21N3O4. The van der Waals surface area contributed by atoms with Crippen molar-refractivity contribution in [3.05, 3.63) is 0 Å². The van der Waals surface area contributed by atoms with Crippen molar-refractivity contribution in [1.29, 1.82) is 0 Å². The lowest BCUT2D eigenvalue weighted by molar-refractivity contribution is -0.140. The van der Waals surface area contributed by atoms with Crippen LogP contribution in [0.5, 0.6) is 0 Å². The van der Waals surface area contributed by atoms with Gasteiger partial charge in [0.2, 0.25) is 5.91 Å². The number of hydrogen-bond acceptors (Lipinski definition) is 3. The summed E-state index contributed by atoms with van der Waals surface area (Å²) in [7, 11) is 0. The van der Waals surface area contributed by atoms with Crippen LogP contribution in [-0.4, -0.2) is 35.6 Å². The molecule has 0 aromatic carbocycles. The van der Waals surface area contributed by atoms with Crippen LogP contribution in [0.2, 0.25) is 0 Å². The zero-order valence-corrected chi connectivity index (χ0v) is 11.3. The Kier molecular flexibility index (Phi) is 4.46. The van der Waals surface area contributed by atoms with Gasteiger partial charge in [-0.15, -0.1) is 0 Å². The summed E-state index contributed by atoms with van der Waals surface area (Å²) < 4.78 is 0. The molecule has 2 aliphatic carbocycles. The van der Waals surface area contributed by atoms with E-state index in [9.17, 15) is 14.4 Å². The Morgan fingerprint density at radius 2 is 2.00 bits per heavy atom. The standard InChI is InChI=1S/C13H21N3O4/c14-11(17)5-10(12(18)19)16-13(20)15-6-9-4-7-1-2-8(9)3-7/h7-10H,1-6H2,(H2,14,17)(H,18,19)(H2,15,16,20). The molecule has 2 bridgehead atoms. The first-order valence-corrected chi connectivity index (χ1v) is 7.01. The highest BCUT2D eigenvalue weighted by Crippen LogP contribution is 2.47. The van der Waals surface area contributed by atoms with Crippen LogP contribution in [0.15, 0.2) is 0 Å². The van der Waals surface area contributed by atoms with E-state index in [-0.39, 0.29) is 0 Å². The van der Waals surface area contributed by atoms with Crippen LogP contribution in [0.25, 0.3) is 0 Å². The average Bonchev–Trinajstić information content (AvgIpc) is 2.97. The molecule has 2 rings (SSSR count). The molecule has 7 nitrogen and oxygen atoms in total. The molecule has 2 saturated carbocycles. The lowest BCUT2D eigenvalue weighted by atomic mass is 9.89. The molecular weight excluding hydrogens is 262 g/mol. The Morgan fingerprint density at radius 3 is 2.50 bits per heavy atom. The second-order valence-corrected chi connectivity index (χ2v) is 5.85. The molecule has 2 fully saturated rings. The van der Waals surface area contributed by atoms with E-state index in [0.717, 1.165) is 12.3 Å². The number of carboxylic acid groups (broad SMARTS) is 1. The maximum atomic E-state index is 11.7. The van der Waals surface area contributed by atoms with Crippen LogP contribution in [0.4, 0.5) is 4.79 Å². The SMILES string of the molecule is NC(=O)CC(NC(=O)NCC1CC2CCC1C2)C(=O)O. The van der Waals surface area contributed by atoms with E-state index in [1.807, 2.05) is 0 Å². The number of carbonyl (C=O) groups is 3. The fourth-order valence-electron chi connectivity index (χ4n) is 3.46. The molecule has 0 aromatic rings. The fourth-order valence-corrected chi connectivity index (χ4v) is 3.46. The Labute approximate surface area is 117 Å². The summed E-state index contributed by atoms with van der Waals surface area (Å²) in [6, 6.07) is -1.83. The maximum Gasteiger partial charge on any atom is 0.326 e. The molecule has 112 valence electrons. The number of urea groups is 1. The van der Waals surface area contributed by atoms with Gasteiger partial charge in [0.15, 0.2) is 0 Å². The second-order valence-electron chi connectivity index (χ2n) is 5.85. The molecule has 7 heteroatoms. The summed E-state index contributed by atoms with van der Waals surface area (Å²) in [6.45, 7) is 0.565. The summed E-state index contributed by atoms with van der Waals surface area (Å²) >= 11 is 0. The van der Waals surface area contributed by atoms with Crippen LogP contribution < -0.4 is 16.4 Å². The topological polar surface area (TPSA) is 122 Å². The van der Waals surface area contributed by atoms with Gasteiger partial charge in [-0.25, -0.2) is 9.59 Å². The number of carbonyl (C=O) groups excluding carboxylic acids is 2. The van der Waals surface area contributed by atoms with Gasteiger partial charge in [0.25, 0.3) is 0 Å². The number of carboxylic acids is 1. The van der Waals surface area contributed by atoms with Gasteiger partial charge in [0.1, 0.15) is 6.04 Å². The number of rotatable bonds is 6. The monoisotopic (exact) mass is 283 g/mol. The Balaban J connectivity index is 1.74. The van der Waals surface area contributed by atoms with Crippen LogP contribution >= 0.6 is 0 Å². The largest absolute Gasteiger partial charge is 0.480 e. The summed E-state index contributed by atoms with van der Waals surface area (Å²) in [5, 5.41) is 13.9. The molecule has 4 unspecified atom stereocenters. The second kappa shape index (κ2) is 6.11. The number of aliphatic carboxylic acids is 1. The van der Waals surface area contributed by atoms with Crippen molar-refractivity contribution >= 4 is 17.9 Å². The van der Waals surface area contributed by atoms with Crippen molar-refractivity contribution in [3.63, 3.8) is 0 Å². The first-order chi connectivity index (χ1) is 9.45. The summed E-state index contributed by atoms with van der Waals surface area (Å²) in [5.74, 6) is -0.0266. The highest BCUT2D eigenvalue weighted by atomic mass is 16.4. The Morgan fingerprint density at radius 1 is 1.25 bits per heavy atom. The molecule has 20 heavy (non-hydrogen) atoms. The van der Waals surface area contributed by atoms with Crippen molar-refractivity contribution in [2.24, 2.45) is 23.5 Å². The first kappa shape index (κ1) is 14.6. The van der Waals surface area contributed by atoms with Gasteiger partial charge < -0.3 is 21.5 Å². The normalized spacial score (nSPS) is 28.9. The van der Waals surface area contributed by atoms with Crippen LogP contribution in [0, 0.1) is 17.8 Å². The molecule has 0 aromatic heterocycles. The highest BCUT2D eigenvalue weighted by molar-refractivity contribution is 5.87. The lowest BCUT2D eigenvalue weighted by Crippen LogP contribution is -2.48. The smallest absolute Gasteiger partial charge is 0.326 e. The zero-order chi connectivity index (χ0) is 14.7. The van der Waals surface area contributed by atoms with Crippen molar-refractivity contribution in [2.45, 2.75) is 38.1 Å². The first-order valence-electron chi connectivity index (χ1n) is 7.01. The minimum atomic E-state index is -1.27. The van der Waals surface area contributed by atoms with Crippen LogP contribution in [0.3, 0.4) is 0 Å². The van der Waals surface area contributed by atoms with Crippen LogP contribution in [0.1, 0.15) is 32.1 Å². The lowest BCUT2D eigenvalue weighted by Gasteiger charge is -2.22. The average molecular weight is 283 g/mol. The van der Waals surface area contributed by atoms with Gasteiger partial charge in [-0.1, -0.05) is 6.42 Å². The third kappa shape index (κ3) is 3.61. The predicted molar refractivity (Wildman–Crippen MR) is 70.7 cm³/mol. The Bertz CT molecular complexity index is 412. The van der Waals surface area contributed by atoms with E-state index in [0.29, 0.717) is 18.4 Å². The maximum absolute atomic E-state index is 11.7. The molecule has 4 atom stereocenters. The number of fused-ring (bicyclic) bond motifs is 2. The molecule has 0 saturated heterocycles. The minimum Gasteiger partial charge on any atom is -0.480 e. The predicted octanol–water partition coefficient (Wildman–Crippen LogP) is 0.0504. The third-order valence-electron chi connectivity index (χ3n) is 4.42. The molecule has 5 N–H and O–H groups in total. The molecule has 0 aliphatic heterocycles. The number of primary amides is 1. The third-order valence-corrected chi connectivity index (χ3v) is 4.42. The quantitative estimate of drug-likeness (QED) is 0.550. The van der Waals surface area contributed by atoms with E-state index < -0.39 is 30.4 Å². The molecule has 0 spiro atoms. The molecule has 0 heterocycles. The van der Waals surface area contributed by atoms with E-state index in [2.05, 4.69) is 10.6 Å². The number of nitrogens with two attached hydrogens (primary N) is 1. The minimum absolute atomic E-state index is 0.406. The van der Waals surface area contributed by atoms with E-state index >= 15 is 0 Å². The van der Waals surface area contributed by atoms with E-state index in [1.54, 1.807) is 0 Å². The molecule has 3 amide bonds. The van der Waals surface area contributed by atoms with Crippen molar-refractivity contribution in [1.82, 2.24) is 10.6 Å². The summed E-state index contributed by atoms with van der Waals surface area (Å²) in [5.41, 5.74) is 4.95. The van der Waals surface area contributed by atoms with E-state index in [1.165, 1.54) is 19.3 Å². The van der Waals surface area contributed by atoms with Gasteiger partial charge in [-0.3, -0.25) is 4.79 Å². The fraction of sp³-hybridized carbons (Fsp3) is 0.769. The van der Waals surface area contributed by atoms with Gasteiger partial charge >= 0.3 is 12.0 Å². The van der Waals surface area contributed by atoms with Gasteiger partial charge in [0.05, 0.1) is 6.42 Å². The van der Waals surface area contributed by atoms with Gasteiger partial charge in [0, 0.05) is 6.54 Å². The molecule has 0 radical (unpaired) electrons. The van der Waals surface area contributed by atoms with E-state index in [4.69, 9.17) is 10.8 Å². The zero-order valence-electron chi connectivity index (χ0n) is 11.3. The van der Waals surface area contributed by atoms with Crippen molar-refractivity contribution < 1.29 is 19.5 Å². The van der Waals surface area contributed by atoms with Crippen LogP contribution in [-0.2, 0) is 9.59 Å². The molecule has 2 aliphatic rings. The number of hydrogen-bond donors (Lipinski definition) is 4. The van der Waals surface area contributed by atoms with Gasteiger partial charge in [-0.2, -0.15) is 0 Å². The van der Waals surface area contributed by atoms with Crippen molar-refractivity contribution in [2.75, 3.05) is 6.54 Å². The number of nitrogens with one attached hydrogen (secondary N) is 2. The summed E-state index contributed by atoms with van der Waals surface area (Å²) in [6.07, 6.45) is 4.53. The summed E-state index contributed by atoms with van der Waals surface area (Å²) in [4.78, 5) is 33.3. The Hall–Kier alpha value is -1.79. The number of amides is 3. The van der Waals surface area contributed by atoms with Gasteiger partial charge in [-0.05, 0) is 37.0 Å². The highest BCUT2D eigenvalue weighted by Gasteiger charge is 2.39.